The molecular weight excluding hydrogens is 334 g/mol. The summed E-state index contributed by atoms with van der Waals surface area (Å²) in [6.07, 6.45) is 4.73. The highest BCUT2D eigenvalue weighted by Crippen LogP contribution is 2.51. The fourth-order valence-electron chi connectivity index (χ4n) is 4.16. The SMILES string of the molecule is CN(C)CCC1(c2ccc(CCN3Cc4c(N)cccc4C3=O)cc2)CC1. The van der Waals surface area contributed by atoms with Crippen LogP contribution in [0.2, 0.25) is 0 Å². The molecule has 0 unspecified atom stereocenters. The minimum absolute atomic E-state index is 0.106. The number of rotatable bonds is 7. The second kappa shape index (κ2) is 7.01. The van der Waals surface area contributed by atoms with Crippen molar-refractivity contribution in [1.29, 1.82) is 0 Å². The van der Waals surface area contributed by atoms with E-state index in [4.69, 9.17) is 5.73 Å². The van der Waals surface area contributed by atoms with Gasteiger partial charge in [0.05, 0.1) is 0 Å². The van der Waals surface area contributed by atoms with Crippen LogP contribution in [0, 0.1) is 0 Å². The molecule has 1 saturated carbocycles. The van der Waals surface area contributed by atoms with Gasteiger partial charge in [-0.15, -0.1) is 0 Å². The van der Waals surface area contributed by atoms with Gasteiger partial charge in [0.25, 0.3) is 5.91 Å². The van der Waals surface area contributed by atoms with Crippen LogP contribution < -0.4 is 5.73 Å². The maximum atomic E-state index is 12.6. The number of nitrogens with zero attached hydrogens (tertiary/aromatic N) is 2. The minimum Gasteiger partial charge on any atom is -0.398 e. The van der Waals surface area contributed by atoms with Crippen LogP contribution in [0.3, 0.4) is 0 Å². The van der Waals surface area contributed by atoms with Gasteiger partial charge in [0, 0.05) is 29.9 Å². The molecule has 1 aliphatic heterocycles. The smallest absolute Gasteiger partial charge is 0.254 e. The van der Waals surface area contributed by atoms with Crippen molar-refractivity contribution in [3.05, 3.63) is 64.7 Å². The van der Waals surface area contributed by atoms with Gasteiger partial charge in [-0.25, -0.2) is 0 Å². The fourth-order valence-corrected chi connectivity index (χ4v) is 4.16. The van der Waals surface area contributed by atoms with E-state index in [9.17, 15) is 4.79 Å². The molecule has 27 heavy (non-hydrogen) atoms. The van der Waals surface area contributed by atoms with Crippen LogP contribution in [-0.2, 0) is 18.4 Å². The molecule has 0 aromatic heterocycles. The monoisotopic (exact) mass is 363 g/mol. The van der Waals surface area contributed by atoms with Crippen LogP contribution in [-0.4, -0.2) is 42.9 Å². The predicted octanol–water partition coefficient (Wildman–Crippen LogP) is 3.45. The number of carbonyl (C=O) groups excluding carboxylic acids is 1. The Kier molecular flexibility index (Phi) is 4.68. The van der Waals surface area contributed by atoms with Crippen molar-refractivity contribution in [1.82, 2.24) is 9.80 Å². The van der Waals surface area contributed by atoms with Crippen LogP contribution in [0.1, 0.15) is 46.3 Å². The molecule has 1 heterocycles. The third kappa shape index (κ3) is 3.59. The van der Waals surface area contributed by atoms with E-state index in [0.717, 1.165) is 36.3 Å². The van der Waals surface area contributed by atoms with Crippen molar-refractivity contribution >= 4 is 11.6 Å². The van der Waals surface area contributed by atoms with Gasteiger partial charge in [0.15, 0.2) is 0 Å². The van der Waals surface area contributed by atoms with Crippen LogP contribution in [0.25, 0.3) is 0 Å². The maximum absolute atomic E-state index is 12.6. The van der Waals surface area contributed by atoms with Gasteiger partial charge in [-0.3, -0.25) is 4.79 Å². The Bertz CT molecular complexity index is 837. The molecule has 1 aliphatic carbocycles. The van der Waals surface area contributed by atoms with Crippen molar-refractivity contribution < 1.29 is 4.79 Å². The van der Waals surface area contributed by atoms with Crippen LogP contribution in [0.15, 0.2) is 42.5 Å². The zero-order valence-corrected chi connectivity index (χ0v) is 16.4. The summed E-state index contributed by atoms with van der Waals surface area (Å²) in [6, 6.07) is 14.7. The summed E-state index contributed by atoms with van der Waals surface area (Å²) in [4.78, 5) is 16.7. The normalized spacial score (nSPS) is 17.4. The lowest BCUT2D eigenvalue weighted by Crippen LogP contribution is -2.26. The van der Waals surface area contributed by atoms with Crippen LogP contribution in [0.4, 0.5) is 5.69 Å². The van der Waals surface area contributed by atoms with Crippen molar-refractivity contribution in [2.24, 2.45) is 0 Å². The molecule has 0 radical (unpaired) electrons. The van der Waals surface area contributed by atoms with Crippen LogP contribution in [0.5, 0.6) is 0 Å². The first-order chi connectivity index (χ1) is 13.0. The molecule has 2 N–H and O–H groups in total. The van der Waals surface area contributed by atoms with Crippen molar-refractivity contribution in [3.63, 3.8) is 0 Å². The van der Waals surface area contributed by atoms with E-state index in [1.807, 2.05) is 23.1 Å². The second-order valence-corrected chi connectivity index (χ2v) is 8.38. The van der Waals surface area contributed by atoms with Gasteiger partial charge in [-0.2, -0.15) is 0 Å². The largest absolute Gasteiger partial charge is 0.398 e. The Balaban J connectivity index is 1.36. The standard InChI is InChI=1S/C23H29N3O/c1-25(2)15-13-23(11-12-23)18-8-6-17(7-9-18)10-14-26-16-20-19(22(26)27)4-3-5-21(20)24/h3-9H,10-16,24H2,1-2H3. The number of carbonyl (C=O) groups is 1. The minimum atomic E-state index is 0.106. The number of fused-ring (bicyclic) bond motifs is 1. The predicted molar refractivity (Wildman–Crippen MR) is 110 cm³/mol. The summed E-state index contributed by atoms with van der Waals surface area (Å²) in [5, 5.41) is 0. The lowest BCUT2D eigenvalue weighted by molar-refractivity contribution is 0.0780. The Morgan fingerprint density at radius 1 is 1.11 bits per heavy atom. The molecule has 4 heteroatoms. The zero-order valence-electron chi connectivity index (χ0n) is 16.4. The Hall–Kier alpha value is -2.33. The topological polar surface area (TPSA) is 49.6 Å². The molecule has 0 spiro atoms. The Labute approximate surface area is 162 Å². The molecule has 1 fully saturated rings. The number of hydrogen-bond acceptors (Lipinski definition) is 3. The average Bonchev–Trinajstić information content (AvgIpc) is 3.39. The molecule has 0 bridgehead atoms. The lowest BCUT2D eigenvalue weighted by atomic mass is 9.91. The molecular formula is C23H29N3O. The molecule has 4 rings (SSSR count). The molecule has 142 valence electrons. The highest BCUT2D eigenvalue weighted by molar-refractivity contribution is 5.99. The number of hydrogen-bond donors (Lipinski definition) is 1. The molecule has 0 atom stereocenters. The van der Waals surface area contributed by atoms with Gasteiger partial charge in [-0.05, 0) is 75.0 Å². The Morgan fingerprint density at radius 2 is 1.85 bits per heavy atom. The third-order valence-corrected chi connectivity index (χ3v) is 6.21. The summed E-state index contributed by atoms with van der Waals surface area (Å²) in [6.45, 7) is 2.51. The summed E-state index contributed by atoms with van der Waals surface area (Å²) in [5.74, 6) is 0.106. The van der Waals surface area contributed by atoms with Gasteiger partial charge in [0.2, 0.25) is 0 Å². The lowest BCUT2D eigenvalue weighted by Gasteiger charge is -2.19. The first-order valence-electron chi connectivity index (χ1n) is 9.89. The van der Waals surface area contributed by atoms with E-state index in [1.54, 1.807) is 0 Å². The van der Waals surface area contributed by atoms with Crippen molar-refractivity contribution in [2.45, 2.75) is 37.6 Å². The van der Waals surface area contributed by atoms with E-state index < -0.39 is 0 Å². The van der Waals surface area contributed by atoms with Crippen molar-refractivity contribution in [2.75, 3.05) is 32.9 Å². The maximum Gasteiger partial charge on any atom is 0.254 e. The molecule has 2 aliphatic rings. The zero-order chi connectivity index (χ0) is 19.0. The number of benzene rings is 2. The van der Waals surface area contributed by atoms with Gasteiger partial charge < -0.3 is 15.5 Å². The first kappa shape index (κ1) is 18.1. The van der Waals surface area contributed by atoms with E-state index in [0.29, 0.717) is 12.0 Å². The summed E-state index contributed by atoms with van der Waals surface area (Å²) in [5.41, 5.74) is 11.7. The van der Waals surface area contributed by atoms with E-state index in [1.165, 1.54) is 30.4 Å². The van der Waals surface area contributed by atoms with Gasteiger partial charge in [-0.1, -0.05) is 30.3 Å². The van der Waals surface area contributed by atoms with E-state index in [-0.39, 0.29) is 5.91 Å². The second-order valence-electron chi connectivity index (χ2n) is 8.38. The highest BCUT2D eigenvalue weighted by atomic mass is 16.2. The summed E-state index contributed by atoms with van der Waals surface area (Å²) in [7, 11) is 4.29. The van der Waals surface area contributed by atoms with E-state index >= 15 is 0 Å². The average molecular weight is 364 g/mol. The molecule has 4 nitrogen and oxygen atoms in total. The number of nitrogen functional groups attached to an aromatic ring is 1. The van der Waals surface area contributed by atoms with Gasteiger partial charge >= 0.3 is 0 Å². The number of nitrogens with two attached hydrogens (primary N) is 1. The first-order valence-corrected chi connectivity index (χ1v) is 9.89. The fraction of sp³-hybridized carbons (Fsp3) is 0.435. The quantitative estimate of drug-likeness (QED) is 0.767. The van der Waals surface area contributed by atoms with Crippen LogP contribution >= 0.6 is 0 Å². The van der Waals surface area contributed by atoms with Gasteiger partial charge in [0.1, 0.15) is 0 Å². The summed E-state index contributed by atoms with van der Waals surface area (Å²) >= 11 is 0. The third-order valence-electron chi connectivity index (χ3n) is 6.21. The Morgan fingerprint density at radius 3 is 2.48 bits per heavy atom. The highest BCUT2D eigenvalue weighted by Gasteiger charge is 2.43. The molecule has 0 saturated heterocycles. The van der Waals surface area contributed by atoms with Crippen molar-refractivity contribution in [3.8, 4) is 0 Å². The molecule has 2 aromatic rings. The number of amides is 1. The number of anilines is 1. The molecule has 2 aromatic carbocycles. The van der Waals surface area contributed by atoms with E-state index in [2.05, 4.69) is 43.3 Å². The molecule has 1 amide bonds. The summed E-state index contributed by atoms with van der Waals surface area (Å²) < 4.78 is 0.